The van der Waals surface area contributed by atoms with Gasteiger partial charge in [-0.15, -0.1) is 0 Å². The standard InChI is InChI=1S/C8H4O/c1-2-4-8-6-9-5-7(8)3-1/h1-4H. The predicted octanol–water partition coefficient (Wildman–Crippen LogP) is 2.03. The second-order valence-corrected chi connectivity index (χ2v) is 1.85. The average Bonchev–Trinajstić information content (AvgIpc) is 2.33. The van der Waals surface area contributed by atoms with Gasteiger partial charge >= 0.3 is 0 Å². The summed E-state index contributed by atoms with van der Waals surface area (Å²) in [5.41, 5.74) is 0. The lowest BCUT2D eigenvalue weighted by molar-refractivity contribution is 0.554. The van der Waals surface area contributed by atoms with Crippen LogP contribution in [0.5, 0.6) is 0 Å². The first-order valence-electron chi connectivity index (χ1n) is 2.74. The fraction of sp³-hybridized carbons (Fsp3) is 0. The fourth-order valence-electron chi connectivity index (χ4n) is 0.797. The second kappa shape index (κ2) is 1.62. The highest BCUT2D eigenvalue weighted by Gasteiger charge is 1.91. The molecule has 0 aliphatic heterocycles. The zero-order valence-electron chi connectivity index (χ0n) is 4.72. The third-order valence-electron chi connectivity index (χ3n) is 1.25. The molecule has 1 heteroatoms. The van der Waals surface area contributed by atoms with Gasteiger partial charge in [-0.1, -0.05) is 24.3 Å². The van der Waals surface area contributed by atoms with Crippen LogP contribution in [0.4, 0.5) is 0 Å². The molecule has 2 aromatic rings. The number of hydrogen-bond donors (Lipinski definition) is 0. The van der Waals surface area contributed by atoms with Crippen molar-refractivity contribution in [1.82, 2.24) is 0 Å². The molecule has 0 spiro atoms. The van der Waals surface area contributed by atoms with E-state index in [-0.39, 0.29) is 0 Å². The van der Waals surface area contributed by atoms with Crippen LogP contribution in [0.25, 0.3) is 10.8 Å². The third-order valence-corrected chi connectivity index (χ3v) is 1.25. The fourth-order valence-corrected chi connectivity index (χ4v) is 0.797. The van der Waals surface area contributed by atoms with E-state index in [0.717, 1.165) is 10.8 Å². The summed E-state index contributed by atoms with van der Waals surface area (Å²) in [4.78, 5) is 0. The van der Waals surface area contributed by atoms with Crippen LogP contribution < -0.4 is 0 Å². The molecular weight excluding hydrogens is 112 g/mol. The Kier molecular flexibility index (Phi) is 0.833. The normalized spacial score (nSPS) is 10.2. The lowest BCUT2D eigenvalue weighted by Crippen LogP contribution is -1.58. The maximum absolute atomic E-state index is 4.71. The Labute approximate surface area is 52.9 Å². The number of furan rings is 1. The van der Waals surface area contributed by atoms with E-state index in [1.54, 1.807) is 0 Å². The average molecular weight is 116 g/mol. The van der Waals surface area contributed by atoms with Crippen molar-refractivity contribution in [3.8, 4) is 0 Å². The molecule has 42 valence electrons. The number of rotatable bonds is 0. The van der Waals surface area contributed by atoms with Crippen LogP contribution in [0, 0.1) is 12.5 Å². The van der Waals surface area contributed by atoms with Crippen LogP contribution in [0.15, 0.2) is 28.7 Å². The van der Waals surface area contributed by atoms with E-state index in [2.05, 4.69) is 12.5 Å². The lowest BCUT2D eigenvalue weighted by Gasteiger charge is -1.79. The lowest BCUT2D eigenvalue weighted by atomic mass is 10.2. The van der Waals surface area contributed by atoms with Gasteiger partial charge in [0.2, 0.25) is 0 Å². The van der Waals surface area contributed by atoms with Crippen LogP contribution in [0.3, 0.4) is 0 Å². The number of benzene rings is 1. The van der Waals surface area contributed by atoms with Crippen LogP contribution in [0.2, 0.25) is 0 Å². The molecule has 0 saturated carbocycles. The minimum absolute atomic E-state index is 0.984. The summed E-state index contributed by atoms with van der Waals surface area (Å²) < 4.78 is 4.71. The predicted molar refractivity (Wildman–Crippen MR) is 33.9 cm³/mol. The van der Waals surface area contributed by atoms with Gasteiger partial charge in [-0.2, -0.15) is 0 Å². The Morgan fingerprint density at radius 3 is 2.11 bits per heavy atom. The van der Waals surface area contributed by atoms with Gasteiger partial charge < -0.3 is 4.42 Å². The highest BCUT2D eigenvalue weighted by Crippen LogP contribution is 2.11. The largest absolute Gasteiger partial charge is 0.448 e. The van der Waals surface area contributed by atoms with Gasteiger partial charge in [0.25, 0.3) is 0 Å². The SMILES string of the molecule is [c]1o[c]c2ccccc12. The quantitative estimate of drug-likeness (QED) is 0.513. The molecule has 0 unspecified atom stereocenters. The van der Waals surface area contributed by atoms with E-state index in [1.165, 1.54) is 0 Å². The minimum atomic E-state index is 0.984. The van der Waals surface area contributed by atoms with Crippen LogP contribution in [0.1, 0.15) is 0 Å². The van der Waals surface area contributed by atoms with E-state index in [1.807, 2.05) is 24.3 Å². The van der Waals surface area contributed by atoms with Gasteiger partial charge in [0.15, 0.2) is 12.5 Å². The summed E-state index contributed by atoms with van der Waals surface area (Å²) in [7, 11) is 0. The summed E-state index contributed by atoms with van der Waals surface area (Å²) in [5, 5.41) is 1.97. The molecule has 1 heterocycles. The smallest absolute Gasteiger partial charge is 0.178 e. The van der Waals surface area contributed by atoms with E-state index in [0.29, 0.717) is 0 Å². The molecule has 1 aromatic heterocycles. The molecular formula is C8H4O. The van der Waals surface area contributed by atoms with Gasteiger partial charge in [-0.05, 0) is 0 Å². The van der Waals surface area contributed by atoms with Crippen molar-refractivity contribution in [2.75, 3.05) is 0 Å². The van der Waals surface area contributed by atoms with E-state index < -0.39 is 0 Å². The number of hydrogen-bond acceptors (Lipinski definition) is 1. The third kappa shape index (κ3) is 0.617. The van der Waals surface area contributed by atoms with Gasteiger partial charge in [-0.25, -0.2) is 0 Å². The Morgan fingerprint density at radius 2 is 1.56 bits per heavy atom. The summed E-state index contributed by atoms with van der Waals surface area (Å²) in [5.74, 6) is 0. The van der Waals surface area contributed by atoms with Crippen molar-refractivity contribution in [1.29, 1.82) is 0 Å². The molecule has 0 fully saturated rings. The van der Waals surface area contributed by atoms with Crippen molar-refractivity contribution < 1.29 is 4.42 Å². The van der Waals surface area contributed by atoms with Crippen molar-refractivity contribution in [3.63, 3.8) is 0 Å². The van der Waals surface area contributed by atoms with E-state index >= 15 is 0 Å². The maximum Gasteiger partial charge on any atom is 0.178 e. The Morgan fingerprint density at radius 1 is 1.00 bits per heavy atom. The zero-order valence-corrected chi connectivity index (χ0v) is 4.72. The van der Waals surface area contributed by atoms with Crippen molar-refractivity contribution in [2.45, 2.75) is 0 Å². The molecule has 0 N–H and O–H groups in total. The Bertz CT molecular complexity index is 279. The highest BCUT2D eigenvalue weighted by molar-refractivity contribution is 5.79. The van der Waals surface area contributed by atoms with Crippen LogP contribution in [-0.2, 0) is 0 Å². The van der Waals surface area contributed by atoms with Gasteiger partial charge in [0.1, 0.15) is 0 Å². The van der Waals surface area contributed by atoms with Gasteiger partial charge in [0, 0.05) is 10.8 Å². The van der Waals surface area contributed by atoms with Crippen LogP contribution >= 0.6 is 0 Å². The van der Waals surface area contributed by atoms with Gasteiger partial charge in [0.05, 0.1) is 0 Å². The molecule has 0 atom stereocenters. The first-order chi connectivity index (χ1) is 4.47. The monoisotopic (exact) mass is 116 g/mol. The zero-order chi connectivity index (χ0) is 6.10. The molecule has 9 heavy (non-hydrogen) atoms. The molecule has 2 radical (unpaired) electrons. The molecule has 1 aromatic carbocycles. The first kappa shape index (κ1) is 4.62. The summed E-state index contributed by atoms with van der Waals surface area (Å²) in [6.45, 7) is 0. The first-order valence-corrected chi connectivity index (χ1v) is 2.74. The van der Waals surface area contributed by atoms with E-state index in [9.17, 15) is 0 Å². The Balaban J connectivity index is 2.95. The molecule has 0 aliphatic rings. The molecule has 1 nitrogen and oxygen atoms in total. The van der Waals surface area contributed by atoms with Crippen molar-refractivity contribution in [3.05, 3.63) is 36.8 Å². The van der Waals surface area contributed by atoms with Gasteiger partial charge in [-0.3, -0.25) is 0 Å². The molecule has 0 saturated heterocycles. The summed E-state index contributed by atoms with van der Waals surface area (Å²) in [6, 6.07) is 7.77. The van der Waals surface area contributed by atoms with Crippen molar-refractivity contribution >= 4 is 10.8 Å². The maximum atomic E-state index is 4.71. The van der Waals surface area contributed by atoms with Crippen LogP contribution in [-0.4, -0.2) is 0 Å². The highest BCUT2D eigenvalue weighted by atomic mass is 16.3. The molecule has 0 amide bonds. The Hall–Kier alpha value is -1.24. The molecule has 2 rings (SSSR count). The number of fused-ring (bicyclic) bond motifs is 1. The second-order valence-electron chi connectivity index (χ2n) is 1.85. The molecule has 0 aliphatic carbocycles. The summed E-state index contributed by atoms with van der Waals surface area (Å²) >= 11 is 0. The minimum Gasteiger partial charge on any atom is -0.448 e. The summed E-state index contributed by atoms with van der Waals surface area (Å²) in [6.07, 6.45) is 5.38. The topological polar surface area (TPSA) is 13.1 Å². The van der Waals surface area contributed by atoms with E-state index in [4.69, 9.17) is 4.42 Å². The molecule has 0 bridgehead atoms. The van der Waals surface area contributed by atoms with Crippen molar-refractivity contribution in [2.24, 2.45) is 0 Å².